The van der Waals surface area contributed by atoms with Crippen molar-refractivity contribution in [2.45, 2.75) is 57.4 Å². The Morgan fingerprint density at radius 2 is 1.95 bits per heavy atom. The number of rotatable bonds is 4. The van der Waals surface area contributed by atoms with Crippen LogP contribution in [-0.4, -0.2) is 37.9 Å². The molecule has 0 aromatic carbocycles. The van der Waals surface area contributed by atoms with Gasteiger partial charge in [0.05, 0.1) is 0 Å². The third kappa shape index (κ3) is 3.90. The molecule has 2 rings (SSSR count). The van der Waals surface area contributed by atoms with E-state index in [4.69, 9.17) is 5.73 Å². The molecular weight excluding hydrogens is 262 g/mol. The van der Waals surface area contributed by atoms with Crippen molar-refractivity contribution in [2.24, 2.45) is 11.7 Å². The molecule has 2 fully saturated rings. The first-order valence-corrected chi connectivity index (χ1v) is 8.88. The van der Waals surface area contributed by atoms with Crippen molar-refractivity contribution in [1.29, 1.82) is 0 Å². The Morgan fingerprint density at radius 3 is 2.58 bits per heavy atom. The smallest absolute Gasteiger partial charge is 0.279 e. The number of nitrogens with zero attached hydrogens (tertiary/aromatic N) is 1. The average molecular weight is 289 g/mol. The fourth-order valence-corrected chi connectivity index (χ4v) is 4.98. The molecule has 3 N–H and O–H groups in total. The molecule has 1 aliphatic carbocycles. The third-order valence-corrected chi connectivity index (χ3v) is 6.25. The van der Waals surface area contributed by atoms with E-state index >= 15 is 0 Å². The maximum absolute atomic E-state index is 12.5. The molecular formula is C13H27N3O2S. The van der Waals surface area contributed by atoms with Gasteiger partial charge in [-0.1, -0.05) is 19.3 Å². The summed E-state index contributed by atoms with van der Waals surface area (Å²) in [5.41, 5.74) is 5.42. The SMILES string of the molecule is CC1(NS(=O)(=O)N2CCCC(CN)C2)CCCCC1. The molecule has 19 heavy (non-hydrogen) atoms. The first-order chi connectivity index (χ1) is 8.95. The van der Waals surface area contributed by atoms with E-state index in [1.54, 1.807) is 4.31 Å². The molecule has 0 spiro atoms. The minimum Gasteiger partial charge on any atom is -0.330 e. The van der Waals surface area contributed by atoms with Crippen molar-refractivity contribution < 1.29 is 8.42 Å². The van der Waals surface area contributed by atoms with Crippen molar-refractivity contribution >= 4 is 10.2 Å². The van der Waals surface area contributed by atoms with Crippen LogP contribution in [0.5, 0.6) is 0 Å². The topological polar surface area (TPSA) is 75.4 Å². The second-order valence-corrected chi connectivity index (χ2v) is 8.00. The highest BCUT2D eigenvalue weighted by atomic mass is 32.2. The van der Waals surface area contributed by atoms with E-state index in [-0.39, 0.29) is 5.54 Å². The summed E-state index contributed by atoms with van der Waals surface area (Å²) in [4.78, 5) is 0. The minimum atomic E-state index is -3.36. The van der Waals surface area contributed by atoms with Gasteiger partial charge in [0.2, 0.25) is 0 Å². The van der Waals surface area contributed by atoms with Gasteiger partial charge >= 0.3 is 0 Å². The summed E-state index contributed by atoms with van der Waals surface area (Å²) < 4.78 is 29.5. The lowest BCUT2D eigenvalue weighted by atomic mass is 9.84. The Kier molecular flexibility index (Phi) is 4.87. The number of hydrogen-bond donors (Lipinski definition) is 2. The van der Waals surface area contributed by atoms with Crippen LogP contribution in [0.1, 0.15) is 51.9 Å². The summed E-state index contributed by atoms with van der Waals surface area (Å²) >= 11 is 0. The molecule has 0 bridgehead atoms. The second-order valence-electron chi connectivity index (χ2n) is 6.33. The molecule has 2 aliphatic rings. The Labute approximate surface area is 117 Å². The highest BCUT2D eigenvalue weighted by Gasteiger charge is 2.35. The maximum atomic E-state index is 12.5. The van der Waals surface area contributed by atoms with Crippen LogP contribution in [0, 0.1) is 5.92 Å². The van der Waals surface area contributed by atoms with E-state index in [1.807, 2.05) is 6.92 Å². The average Bonchev–Trinajstić information content (AvgIpc) is 2.38. The summed E-state index contributed by atoms with van der Waals surface area (Å²) in [6.45, 7) is 3.81. The van der Waals surface area contributed by atoms with Crippen LogP contribution in [0.15, 0.2) is 0 Å². The molecule has 0 amide bonds. The zero-order valence-corrected chi connectivity index (χ0v) is 12.7. The lowest BCUT2D eigenvalue weighted by Crippen LogP contribution is -2.55. The quantitative estimate of drug-likeness (QED) is 0.817. The fraction of sp³-hybridized carbons (Fsp3) is 1.00. The predicted octanol–water partition coefficient (Wildman–Crippen LogP) is 1.21. The second kappa shape index (κ2) is 6.08. The van der Waals surface area contributed by atoms with E-state index in [2.05, 4.69) is 4.72 Å². The van der Waals surface area contributed by atoms with Gasteiger partial charge < -0.3 is 5.73 Å². The Hall–Kier alpha value is -0.170. The van der Waals surface area contributed by atoms with Gasteiger partial charge in [0, 0.05) is 18.6 Å². The van der Waals surface area contributed by atoms with E-state index in [1.165, 1.54) is 6.42 Å². The molecule has 0 aromatic rings. The summed E-state index contributed by atoms with van der Waals surface area (Å²) in [6, 6.07) is 0. The van der Waals surface area contributed by atoms with Crippen LogP contribution >= 0.6 is 0 Å². The van der Waals surface area contributed by atoms with Crippen molar-refractivity contribution in [3.05, 3.63) is 0 Å². The van der Waals surface area contributed by atoms with Crippen LogP contribution < -0.4 is 10.5 Å². The standard InChI is InChI=1S/C13H27N3O2S/c1-13(7-3-2-4-8-13)15-19(17,18)16-9-5-6-12(10-14)11-16/h12,15H,2-11,14H2,1H3. The van der Waals surface area contributed by atoms with Crippen LogP contribution in [0.25, 0.3) is 0 Å². The normalized spacial score (nSPS) is 29.3. The highest BCUT2D eigenvalue weighted by molar-refractivity contribution is 7.87. The monoisotopic (exact) mass is 289 g/mol. The predicted molar refractivity (Wildman–Crippen MR) is 76.9 cm³/mol. The Morgan fingerprint density at radius 1 is 1.26 bits per heavy atom. The zero-order valence-electron chi connectivity index (χ0n) is 11.9. The first-order valence-electron chi connectivity index (χ1n) is 7.44. The highest BCUT2D eigenvalue weighted by Crippen LogP contribution is 2.29. The largest absolute Gasteiger partial charge is 0.330 e. The zero-order chi connectivity index (χ0) is 13.9. The van der Waals surface area contributed by atoms with Crippen molar-refractivity contribution in [1.82, 2.24) is 9.03 Å². The maximum Gasteiger partial charge on any atom is 0.279 e. The van der Waals surface area contributed by atoms with Crippen molar-refractivity contribution in [3.63, 3.8) is 0 Å². The number of nitrogens with two attached hydrogens (primary N) is 1. The Balaban J connectivity index is 2.01. The minimum absolute atomic E-state index is 0.257. The van der Waals surface area contributed by atoms with Crippen LogP contribution in [0.2, 0.25) is 0 Å². The summed E-state index contributed by atoms with van der Waals surface area (Å²) in [6.07, 6.45) is 7.30. The lowest BCUT2D eigenvalue weighted by Gasteiger charge is -2.38. The van der Waals surface area contributed by atoms with Gasteiger partial charge in [0.25, 0.3) is 10.2 Å². The van der Waals surface area contributed by atoms with E-state index in [0.717, 1.165) is 38.5 Å². The van der Waals surface area contributed by atoms with Gasteiger partial charge in [-0.3, -0.25) is 0 Å². The van der Waals surface area contributed by atoms with Gasteiger partial charge in [0.15, 0.2) is 0 Å². The van der Waals surface area contributed by atoms with Gasteiger partial charge in [0.1, 0.15) is 0 Å². The van der Waals surface area contributed by atoms with Crippen LogP contribution in [0.4, 0.5) is 0 Å². The van der Waals surface area contributed by atoms with Crippen LogP contribution in [0.3, 0.4) is 0 Å². The van der Waals surface area contributed by atoms with Gasteiger partial charge in [-0.15, -0.1) is 0 Å². The van der Waals surface area contributed by atoms with E-state index in [9.17, 15) is 8.42 Å². The third-order valence-electron chi connectivity index (χ3n) is 4.49. The number of hydrogen-bond acceptors (Lipinski definition) is 3. The van der Waals surface area contributed by atoms with Gasteiger partial charge in [-0.25, -0.2) is 0 Å². The molecule has 112 valence electrons. The van der Waals surface area contributed by atoms with Crippen LogP contribution in [-0.2, 0) is 10.2 Å². The molecule has 1 aliphatic heterocycles. The summed E-state index contributed by atoms with van der Waals surface area (Å²) in [5.74, 6) is 0.310. The molecule has 1 heterocycles. The van der Waals surface area contributed by atoms with Crippen molar-refractivity contribution in [3.8, 4) is 0 Å². The molecule has 5 nitrogen and oxygen atoms in total. The summed E-state index contributed by atoms with van der Waals surface area (Å²) in [5, 5.41) is 0. The fourth-order valence-electron chi connectivity index (χ4n) is 3.25. The van der Waals surface area contributed by atoms with E-state index < -0.39 is 10.2 Å². The number of nitrogens with one attached hydrogen (secondary N) is 1. The summed E-state index contributed by atoms with van der Waals surface area (Å²) in [7, 11) is -3.36. The number of piperidine rings is 1. The molecule has 1 unspecified atom stereocenters. The molecule has 1 saturated carbocycles. The Bertz CT molecular complexity index is 391. The molecule has 1 saturated heterocycles. The lowest BCUT2D eigenvalue weighted by molar-refractivity contribution is 0.249. The molecule has 0 aromatic heterocycles. The van der Waals surface area contributed by atoms with Crippen molar-refractivity contribution in [2.75, 3.05) is 19.6 Å². The van der Waals surface area contributed by atoms with Gasteiger partial charge in [-0.05, 0) is 45.1 Å². The first kappa shape index (κ1) is 15.2. The molecule has 6 heteroatoms. The van der Waals surface area contributed by atoms with Gasteiger partial charge in [-0.2, -0.15) is 17.4 Å². The molecule has 0 radical (unpaired) electrons. The molecule has 1 atom stereocenters. The van der Waals surface area contributed by atoms with E-state index in [0.29, 0.717) is 25.6 Å².